The fraction of sp³-hybridized carbons (Fsp3) is 0.238. The summed E-state index contributed by atoms with van der Waals surface area (Å²) in [5.74, 6) is -0.459. The lowest BCUT2D eigenvalue weighted by Crippen LogP contribution is -2.30. The van der Waals surface area contributed by atoms with Gasteiger partial charge in [-0.1, -0.05) is 49.3 Å². The molecule has 0 fully saturated rings. The SMILES string of the molecule is CC(C)c1ccc(-c2noc(COC(=O)CNC(=O)c3cccc([N+](=O)[O-])c3)n2)cc1. The Kier molecular flexibility index (Phi) is 6.71. The maximum atomic E-state index is 12.0. The molecule has 0 aliphatic carbocycles. The van der Waals surface area contributed by atoms with Crippen LogP contribution >= 0.6 is 0 Å². The topological polar surface area (TPSA) is 137 Å². The Morgan fingerprint density at radius 3 is 2.61 bits per heavy atom. The standard InChI is InChI=1S/C21H20N4O6/c1-13(2)14-6-8-15(9-7-14)20-23-18(31-24-20)12-30-19(26)11-22-21(27)16-4-3-5-17(10-16)25(28)29/h3-10,13H,11-12H2,1-2H3,(H,22,27). The van der Waals surface area contributed by atoms with Crippen LogP contribution in [0.2, 0.25) is 0 Å². The van der Waals surface area contributed by atoms with Crippen LogP contribution < -0.4 is 5.32 Å². The molecule has 3 aromatic rings. The second-order valence-electron chi connectivity index (χ2n) is 6.94. The third-order valence-electron chi connectivity index (χ3n) is 4.37. The molecule has 0 spiro atoms. The summed E-state index contributed by atoms with van der Waals surface area (Å²) in [6.45, 7) is 3.53. The first-order valence-electron chi connectivity index (χ1n) is 9.44. The predicted molar refractivity (Wildman–Crippen MR) is 109 cm³/mol. The molecule has 1 amide bonds. The molecule has 1 aromatic heterocycles. The van der Waals surface area contributed by atoms with Crippen LogP contribution in [0, 0.1) is 10.1 Å². The molecule has 0 radical (unpaired) electrons. The number of ether oxygens (including phenoxy) is 1. The number of rotatable bonds is 8. The van der Waals surface area contributed by atoms with E-state index in [1.807, 2.05) is 24.3 Å². The average Bonchev–Trinajstić information content (AvgIpc) is 3.25. The minimum Gasteiger partial charge on any atom is -0.454 e. The van der Waals surface area contributed by atoms with Crippen LogP contribution in [0.5, 0.6) is 0 Å². The smallest absolute Gasteiger partial charge is 0.325 e. The Balaban J connectivity index is 1.49. The number of amides is 1. The largest absolute Gasteiger partial charge is 0.454 e. The van der Waals surface area contributed by atoms with E-state index in [0.717, 1.165) is 11.6 Å². The van der Waals surface area contributed by atoms with E-state index in [9.17, 15) is 19.7 Å². The zero-order valence-corrected chi connectivity index (χ0v) is 16.9. The van der Waals surface area contributed by atoms with Gasteiger partial charge in [0.05, 0.1) is 4.92 Å². The van der Waals surface area contributed by atoms with Gasteiger partial charge in [-0.2, -0.15) is 4.98 Å². The number of nitro groups is 1. The summed E-state index contributed by atoms with van der Waals surface area (Å²) >= 11 is 0. The maximum Gasteiger partial charge on any atom is 0.325 e. The quantitative estimate of drug-likeness (QED) is 0.330. The lowest BCUT2D eigenvalue weighted by molar-refractivity contribution is -0.384. The van der Waals surface area contributed by atoms with E-state index in [1.165, 1.54) is 23.8 Å². The van der Waals surface area contributed by atoms with E-state index < -0.39 is 23.3 Å². The molecule has 0 aliphatic rings. The van der Waals surface area contributed by atoms with E-state index >= 15 is 0 Å². The molecule has 160 valence electrons. The van der Waals surface area contributed by atoms with Gasteiger partial charge in [-0.15, -0.1) is 0 Å². The van der Waals surface area contributed by atoms with Gasteiger partial charge in [0.1, 0.15) is 6.54 Å². The molecule has 0 saturated carbocycles. The zero-order valence-electron chi connectivity index (χ0n) is 16.9. The van der Waals surface area contributed by atoms with Crippen molar-refractivity contribution in [1.29, 1.82) is 0 Å². The van der Waals surface area contributed by atoms with E-state index in [4.69, 9.17) is 9.26 Å². The molecule has 0 bridgehead atoms. The molecule has 0 unspecified atom stereocenters. The van der Waals surface area contributed by atoms with Crippen LogP contribution in [0.25, 0.3) is 11.4 Å². The van der Waals surface area contributed by atoms with Gasteiger partial charge in [0, 0.05) is 23.3 Å². The minimum atomic E-state index is -0.722. The molecule has 10 nitrogen and oxygen atoms in total. The number of aromatic nitrogens is 2. The summed E-state index contributed by atoms with van der Waals surface area (Å²) in [6.07, 6.45) is 0. The van der Waals surface area contributed by atoms with Crippen molar-refractivity contribution in [3.05, 3.63) is 75.7 Å². The summed E-state index contributed by atoms with van der Waals surface area (Å²) in [4.78, 5) is 38.3. The number of hydrogen-bond donors (Lipinski definition) is 1. The van der Waals surface area contributed by atoms with Gasteiger partial charge in [0.25, 0.3) is 17.5 Å². The van der Waals surface area contributed by atoms with Crippen molar-refractivity contribution < 1.29 is 23.8 Å². The first-order chi connectivity index (χ1) is 14.8. The third-order valence-corrected chi connectivity index (χ3v) is 4.37. The van der Waals surface area contributed by atoms with Crippen molar-refractivity contribution in [3.8, 4) is 11.4 Å². The van der Waals surface area contributed by atoms with Crippen molar-refractivity contribution in [2.75, 3.05) is 6.54 Å². The molecule has 31 heavy (non-hydrogen) atoms. The van der Waals surface area contributed by atoms with Gasteiger partial charge in [-0.25, -0.2) is 0 Å². The van der Waals surface area contributed by atoms with E-state index in [2.05, 4.69) is 29.3 Å². The van der Waals surface area contributed by atoms with Gasteiger partial charge in [-0.3, -0.25) is 19.7 Å². The number of nitro benzene ring substituents is 1. The first kappa shape index (κ1) is 21.6. The fourth-order valence-corrected chi connectivity index (χ4v) is 2.66. The van der Waals surface area contributed by atoms with E-state index in [-0.39, 0.29) is 23.7 Å². The predicted octanol–water partition coefficient (Wildman–Crippen LogP) is 3.24. The maximum absolute atomic E-state index is 12.0. The van der Waals surface area contributed by atoms with Crippen LogP contribution in [0.4, 0.5) is 5.69 Å². The van der Waals surface area contributed by atoms with Gasteiger partial charge in [-0.05, 0) is 17.5 Å². The summed E-state index contributed by atoms with van der Waals surface area (Å²) < 4.78 is 10.1. The molecule has 0 aliphatic heterocycles. The Morgan fingerprint density at radius 1 is 1.19 bits per heavy atom. The van der Waals surface area contributed by atoms with Crippen molar-refractivity contribution in [2.45, 2.75) is 26.4 Å². The highest BCUT2D eigenvalue weighted by atomic mass is 16.6. The lowest BCUT2D eigenvalue weighted by atomic mass is 10.0. The zero-order chi connectivity index (χ0) is 22.4. The highest BCUT2D eigenvalue weighted by Crippen LogP contribution is 2.20. The monoisotopic (exact) mass is 424 g/mol. The third kappa shape index (κ3) is 5.72. The Labute approximate surface area is 177 Å². The Morgan fingerprint density at radius 2 is 1.94 bits per heavy atom. The number of nitrogens with zero attached hydrogens (tertiary/aromatic N) is 3. The van der Waals surface area contributed by atoms with Crippen molar-refractivity contribution in [3.63, 3.8) is 0 Å². The van der Waals surface area contributed by atoms with Crippen LogP contribution in [0.15, 0.2) is 53.1 Å². The van der Waals surface area contributed by atoms with Crippen LogP contribution in [0.1, 0.15) is 41.6 Å². The highest BCUT2D eigenvalue weighted by Gasteiger charge is 2.15. The number of non-ortho nitro benzene ring substituents is 1. The number of carbonyl (C=O) groups is 2. The lowest BCUT2D eigenvalue weighted by Gasteiger charge is -2.05. The first-order valence-corrected chi connectivity index (χ1v) is 9.44. The number of hydrogen-bond acceptors (Lipinski definition) is 8. The van der Waals surface area contributed by atoms with Crippen LogP contribution in [-0.2, 0) is 16.1 Å². The van der Waals surface area contributed by atoms with E-state index in [1.54, 1.807) is 0 Å². The van der Waals surface area contributed by atoms with Gasteiger partial charge >= 0.3 is 5.97 Å². The van der Waals surface area contributed by atoms with Gasteiger partial charge in [0.15, 0.2) is 6.61 Å². The van der Waals surface area contributed by atoms with Gasteiger partial charge < -0.3 is 14.6 Å². The normalized spacial score (nSPS) is 10.7. The van der Waals surface area contributed by atoms with E-state index in [0.29, 0.717) is 11.7 Å². The summed E-state index contributed by atoms with van der Waals surface area (Å²) in [5.41, 5.74) is 1.80. The van der Waals surface area contributed by atoms with Crippen molar-refractivity contribution in [2.24, 2.45) is 0 Å². The molecular weight excluding hydrogens is 404 g/mol. The van der Waals surface area contributed by atoms with Crippen molar-refractivity contribution in [1.82, 2.24) is 15.5 Å². The molecule has 10 heteroatoms. The summed E-state index contributed by atoms with van der Waals surface area (Å²) in [6, 6.07) is 12.9. The average molecular weight is 424 g/mol. The van der Waals surface area contributed by atoms with Crippen LogP contribution in [-0.4, -0.2) is 33.5 Å². The van der Waals surface area contributed by atoms with Crippen LogP contribution in [0.3, 0.4) is 0 Å². The van der Waals surface area contributed by atoms with Crippen molar-refractivity contribution >= 4 is 17.6 Å². The second-order valence-corrected chi connectivity index (χ2v) is 6.94. The second kappa shape index (κ2) is 9.61. The molecular formula is C21H20N4O6. The molecule has 1 heterocycles. The molecule has 3 rings (SSSR count). The van der Waals surface area contributed by atoms with Gasteiger partial charge in [0.2, 0.25) is 5.82 Å². The number of nitrogens with one attached hydrogen (secondary N) is 1. The number of benzene rings is 2. The Bertz CT molecular complexity index is 1090. The highest BCUT2D eigenvalue weighted by molar-refractivity contribution is 5.96. The molecule has 0 saturated heterocycles. The fourth-order valence-electron chi connectivity index (χ4n) is 2.66. The minimum absolute atomic E-state index is 0.0621. The summed E-state index contributed by atoms with van der Waals surface area (Å²) in [5, 5.41) is 17.0. The number of carbonyl (C=O) groups excluding carboxylic acids is 2. The molecule has 0 atom stereocenters. The molecule has 2 aromatic carbocycles. The molecule has 1 N–H and O–H groups in total. The Hall–Kier alpha value is -4.08. The number of esters is 1. The summed E-state index contributed by atoms with van der Waals surface area (Å²) in [7, 11) is 0.